The maximum atomic E-state index is 11.8. The van der Waals surface area contributed by atoms with Crippen LogP contribution in [0.15, 0.2) is 18.3 Å². The van der Waals surface area contributed by atoms with E-state index in [-0.39, 0.29) is 0 Å². The summed E-state index contributed by atoms with van der Waals surface area (Å²) in [6, 6.07) is 3.70. The van der Waals surface area contributed by atoms with Crippen LogP contribution in [0, 0.1) is 5.41 Å². The fraction of sp³-hybridized carbons (Fsp3) is 0.625. The molecule has 0 bridgehead atoms. The summed E-state index contributed by atoms with van der Waals surface area (Å²) in [7, 11) is 3.23. The van der Waals surface area contributed by atoms with Crippen LogP contribution in [-0.4, -0.2) is 54.9 Å². The van der Waals surface area contributed by atoms with Crippen molar-refractivity contribution in [2.45, 2.75) is 25.8 Å². The van der Waals surface area contributed by atoms with Crippen molar-refractivity contribution < 1.29 is 19.4 Å². The maximum absolute atomic E-state index is 11.8. The minimum Gasteiger partial charge on any atom is -0.497 e. The third-order valence-corrected chi connectivity index (χ3v) is 4.30. The molecule has 0 saturated carbocycles. The van der Waals surface area contributed by atoms with Crippen LogP contribution < -0.4 is 4.74 Å². The van der Waals surface area contributed by atoms with Crippen LogP contribution in [0.5, 0.6) is 5.75 Å². The van der Waals surface area contributed by atoms with E-state index in [0.717, 1.165) is 24.4 Å². The monoisotopic (exact) mass is 308 g/mol. The van der Waals surface area contributed by atoms with Gasteiger partial charge in [0.2, 0.25) is 0 Å². The Kier molecular flexibility index (Phi) is 5.74. The van der Waals surface area contributed by atoms with E-state index in [1.807, 2.05) is 6.07 Å². The van der Waals surface area contributed by atoms with Gasteiger partial charge in [0.25, 0.3) is 0 Å². The van der Waals surface area contributed by atoms with Gasteiger partial charge in [-0.25, -0.2) is 0 Å². The second-order valence-electron chi connectivity index (χ2n) is 5.83. The van der Waals surface area contributed by atoms with Gasteiger partial charge in [-0.3, -0.25) is 14.7 Å². The molecule has 1 aliphatic rings. The molecule has 6 nitrogen and oxygen atoms in total. The summed E-state index contributed by atoms with van der Waals surface area (Å²) in [6.45, 7) is 2.53. The second-order valence-corrected chi connectivity index (χ2v) is 5.83. The number of piperidine rings is 1. The van der Waals surface area contributed by atoms with E-state index < -0.39 is 11.4 Å². The van der Waals surface area contributed by atoms with Gasteiger partial charge in [-0.05, 0) is 31.9 Å². The highest BCUT2D eigenvalue weighted by atomic mass is 16.5. The van der Waals surface area contributed by atoms with Crippen LogP contribution in [0.4, 0.5) is 0 Å². The zero-order valence-corrected chi connectivity index (χ0v) is 13.2. The molecule has 0 radical (unpaired) electrons. The Balaban J connectivity index is 2.06. The number of methoxy groups -OCH3 is 2. The average Bonchev–Trinajstić information content (AvgIpc) is 2.53. The number of carboxylic acid groups (broad SMARTS) is 1. The predicted molar refractivity (Wildman–Crippen MR) is 81.9 cm³/mol. The second kappa shape index (κ2) is 7.56. The minimum absolute atomic E-state index is 0.470. The van der Waals surface area contributed by atoms with E-state index in [1.165, 1.54) is 0 Å². The number of carbonyl (C=O) groups is 1. The zero-order chi connectivity index (χ0) is 16.0. The SMILES string of the molecule is COCC[C@]1(C(=O)O)CCCN(Cc2cc(OC)ccn2)C1. The first-order valence-corrected chi connectivity index (χ1v) is 7.53. The molecule has 1 saturated heterocycles. The van der Waals surface area contributed by atoms with Gasteiger partial charge in [-0.1, -0.05) is 0 Å². The quantitative estimate of drug-likeness (QED) is 0.828. The number of hydrogen-bond donors (Lipinski definition) is 1. The molecule has 2 rings (SSSR count). The first kappa shape index (κ1) is 16.7. The normalized spacial score (nSPS) is 22.5. The van der Waals surface area contributed by atoms with Crippen LogP contribution >= 0.6 is 0 Å². The Morgan fingerprint density at radius 3 is 3.00 bits per heavy atom. The van der Waals surface area contributed by atoms with Crippen molar-refractivity contribution in [2.24, 2.45) is 5.41 Å². The molecule has 122 valence electrons. The molecule has 0 unspecified atom stereocenters. The summed E-state index contributed by atoms with van der Waals surface area (Å²) >= 11 is 0. The molecule has 0 spiro atoms. The zero-order valence-electron chi connectivity index (χ0n) is 13.2. The van der Waals surface area contributed by atoms with Crippen molar-refractivity contribution in [1.29, 1.82) is 0 Å². The number of rotatable bonds is 7. The smallest absolute Gasteiger partial charge is 0.311 e. The lowest BCUT2D eigenvalue weighted by Gasteiger charge is -2.39. The Hall–Kier alpha value is -1.66. The lowest BCUT2D eigenvalue weighted by atomic mass is 9.77. The maximum Gasteiger partial charge on any atom is 0.311 e. The van der Waals surface area contributed by atoms with Crippen LogP contribution in [0.1, 0.15) is 25.0 Å². The van der Waals surface area contributed by atoms with Crippen molar-refractivity contribution in [3.05, 3.63) is 24.0 Å². The third kappa shape index (κ3) is 3.96. The molecule has 1 aliphatic heterocycles. The van der Waals surface area contributed by atoms with E-state index in [2.05, 4.69) is 9.88 Å². The van der Waals surface area contributed by atoms with Crippen molar-refractivity contribution in [1.82, 2.24) is 9.88 Å². The number of nitrogens with zero attached hydrogens (tertiary/aromatic N) is 2. The molecular weight excluding hydrogens is 284 g/mol. The highest BCUT2D eigenvalue weighted by Crippen LogP contribution is 2.34. The molecule has 1 aromatic rings. The predicted octanol–water partition coefficient (Wildman–Crippen LogP) is 1.79. The summed E-state index contributed by atoms with van der Waals surface area (Å²) in [5.41, 5.74) is 0.180. The molecule has 0 aliphatic carbocycles. The third-order valence-electron chi connectivity index (χ3n) is 4.30. The fourth-order valence-corrected chi connectivity index (χ4v) is 3.04. The first-order valence-electron chi connectivity index (χ1n) is 7.53. The number of carboxylic acids is 1. The molecule has 1 N–H and O–H groups in total. The van der Waals surface area contributed by atoms with E-state index in [1.54, 1.807) is 26.5 Å². The van der Waals surface area contributed by atoms with Gasteiger partial charge in [-0.15, -0.1) is 0 Å². The van der Waals surface area contributed by atoms with Gasteiger partial charge < -0.3 is 14.6 Å². The Bertz CT molecular complexity index is 509. The Morgan fingerprint density at radius 1 is 1.50 bits per heavy atom. The summed E-state index contributed by atoms with van der Waals surface area (Å²) in [5, 5.41) is 9.66. The molecule has 1 atom stereocenters. The molecule has 1 fully saturated rings. The van der Waals surface area contributed by atoms with Gasteiger partial charge in [0.05, 0.1) is 18.2 Å². The van der Waals surface area contributed by atoms with Gasteiger partial charge >= 0.3 is 5.97 Å². The number of ether oxygens (including phenoxy) is 2. The number of hydrogen-bond acceptors (Lipinski definition) is 5. The standard InChI is InChI=1S/C16H24N2O4/c1-21-9-6-16(15(19)20)5-3-8-18(12-16)11-13-10-14(22-2)4-7-17-13/h4,7,10H,3,5-6,8-9,11-12H2,1-2H3,(H,19,20)/t16-/m1/s1. The lowest BCUT2D eigenvalue weighted by molar-refractivity contribution is -0.154. The molecule has 2 heterocycles. The van der Waals surface area contributed by atoms with E-state index >= 15 is 0 Å². The van der Waals surface area contributed by atoms with E-state index in [0.29, 0.717) is 32.5 Å². The van der Waals surface area contributed by atoms with Crippen molar-refractivity contribution >= 4 is 5.97 Å². The van der Waals surface area contributed by atoms with Crippen LogP contribution in [0.3, 0.4) is 0 Å². The van der Waals surface area contributed by atoms with Crippen molar-refractivity contribution in [2.75, 3.05) is 33.9 Å². The lowest BCUT2D eigenvalue weighted by Crippen LogP contribution is -2.48. The number of aromatic nitrogens is 1. The van der Waals surface area contributed by atoms with Gasteiger partial charge in [0, 0.05) is 39.1 Å². The molecule has 0 aromatic carbocycles. The number of aliphatic carboxylic acids is 1. The Labute approximate surface area is 131 Å². The van der Waals surface area contributed by atoms with Crippen LogP contribution in [0.2, 0.25) is 0 Å². The summed E-state index contributed by atoms with van der Waals surface area (Å²) in [6.07, 6.45) is 3.84. The highest BCUT2D eigenvalue weighted by Gasteiger charge is 2.42. The van der Waals surface area contributed by atoms with Crippen molar-refractivity contribution in [3.8, 4) is 5.75 Å². The largest absolute Gasteiger partial charge is 0.497 e. The number of likely N-dealkylation sites (tertiary alicyclic amines) is 1. The summed E-state index contributed by atoms with van der Waals surface area (Å²) in [5.74, 6) is 0.0405. The first-order chi connectivity index (χ1) is 10.6. The fourth-order valence-electron chi connectivity index (χ4n) is 3.04. The van der Waals surface area contributed by atoms with Crippen LogP contribution in [0.25, 0.3) is 0 Å². The molecule has 1 aromatic heterocycles. The van der Waals surface area contributed by atoms with Crippen molar-refractivity contribution in [3.63, 3.8) is 0 Å². The topological polar surface area (TPSA) is 71.9 Å². The van der Waals surface area contributed by atoms with Gasteiger partial charge in [0.15, 0.2) is 0 Å². The summed E-state index contributed by atoms with van der Waals surface area (Å²) < 4.78 is 10.3. The highest BCUT2D eigenvalue weighted by molar-refractivity contribution is 5.75. The van der Waals surface area contributed by atoms with Crippen LogP contribution in [-0.2, 0) is 16.1 Å². The Morgan fingerprint density at radius 2 is 2.32 bits per heavy atom. The minimum atomic E-state index is -0.729. The van der Waals surface area contributed by atoms with E-state index in [4.69, 9.17) is 9.47 Å². The average molecular weight is 308 g/mol. The van der Waals surface area contributed by atoms with E-state index in [9.17, 15) is 9.90 Å². The summed E-state index contributed by atoms with van der Waals surface area (Å²) in [4.78, 5) is 18.3. The molecule has 0 amide bonds. The van der Waals surface area contributed by atoms with Gasteiger partial charge in [0.1, 0.15) is 5.75 Å². The van der Waals surface area contributed by atoms with Gasteiger partial charge in [-0.2, -0.15) is 0 Å². The number of pyridine rings is 1. The molecule has 6 heteroatoms. The molecule has 22 heavy (non-hydrogen) atoms. The molecular formula is C16H24N2O4.